The molecule has 1 aromatic carbocycles. The number of carbonyl (C=O) groups excluding carboxylic acids is 1. The molecular weight excluding hydrogens is 190 g/mol. The highest BCUT2D eigenvalue weighted by Crippen LogP contribution is 2.30. The summed E-state index contributed by atoms with van der Waals surface area (Å²) in [5.74, 6) is 0.861. The van der Waals surface area contributed by atoms with Crippen LogP contribution in [0.3, 0.4) is 0 Å². The number of benzene rings is 1. The Morgan fingerprint density at radius 2 is 2.27 bits per heavy atom. The van der Waals surface area contributed by atoms with E-state index in [0.29, 0.717) is 5.69 Å². The van der Waals surface area contributed by atoms with Gasteiger partial charge < -0.3 is 9.72 Å². The van der Waals surface area contributed by atoms with E-state index in [9.17, 15) is 4.79 Å². The predicted molar refractivity (Wildman–Crippen MR) is 59.6 cm³/mol. The molecule has 0 radical (unpaired) electrons. The Hall–Kier alpha value is -1.77. The van der Waals surface area contributed by atoms with E-state index in [0.717, 1.165) is 34.9 Å². The van der Waals surface area contributed by atoms with Gasteiger partial charge in [-0.2, -0.15) is 0 Å². The lowest BCUT2D eigenvalue weighted by molar-refractivity contribution is 0.112. The maximum absolute atomic E-state index is 10.7. The Morgan fingerprint density at radius 1 is 1.47 bits per heavy atom. The van der Waals surface area contributed by atoms with E-state index < -0.39 is 0 Å². The molecule has 78 valence electrons. The molecule has 1 aromatic heterocycles. The third-order valence-corrected chi connectivity index (χ3v) is 2.57. The van der Waals surface area contributed by atoms with E-state index in [1.165, 1.54) is 0 Å². The first kappa shape index (κ1) is 9.77. The van der Waals surface area contributed by atoms with Crippen LogP contribution in [0.2, 0.25) is 0 Å². The smallest absolute Gasteiger partial charge is 0.166 e. The van der Waals surface area contributed by atoms with Gasteiger partial charge in [0.15, 0.2) is 6.29 Å². The van der Waals surface area contributed by atoms with E-state index in [-0.39, 0.29) is 0 Å². The average molecular weight is 203 g/mol. The number of methoxy groups -OCH3 is 1. The van der Waals surface area contributed by atoms with Crippen molar-refractivity contribution in [2.45, 2.75) is 13.3 Å². The van der Waals surface area contributed by atoms with Gasteiger partial charge in [-0.1, -0.05) is 13.0 Å². The third kappa shape index (κ3) is 1.50. The molecule has 0 unspecified atom stereocenters. The number of carbonyl (C=O) groups is 1. The van der Waals surface area contributed by atoms with Crippen LogP contribution in [0.15, 0.2) is 18.2 Å². The van der Waals surface area contributed by atoms with Crippen LogP contribution in [0.25, 0.3) is 10.9 Å². The molecule has 3 nitrogen and oxygen atoms in total. The monoisotopic (exact) mass is 203 g/mol. The first-order chi connectivity index (χ1) is 7.30. The molecule has 3 heteroatoms. The van der Waals surface area contributed by atoms with Crippen LogP contribution in [-0.4, -0.2) is 18.4 Å². The van der Waals surface area contributed by atoms with Crippen LogP contribution < -0.4 is 4.74 Å². The van der Waals surface area contributed by atoms with Crippen LogP contribution in [0.5, 0.6) is 5.75 Å². The summed E-state index contributed by atoms with van der Waals surface area (Å²) >= 11 is 0. The fourth-order valence-electron chi connectivity index (χ4n) is 1.83. The van der Waals surface area contributed by atoms with E-state index >= 15 is 0 Å². The van der Waals surface area contributed by atoms with Crippen molar-refractivity contribution in [1.82, 2.24) is 4.98 Å². The topological polar surface area (TPSA) is 42.1 Å². The zero-order chi connectivity index (χ0) is 10.8. The van der Waals surface area contributed by atoms with Gasteiger partial charge in [0, 0.05) is 10.9 Å². The Labute approximate surface area is 88.1 Å². The third-order valence-electron chi connectivity index (χ3n) is 2.57. The molecule has 1 N–H and O–H groups in total. The lowest BCUT2D eigenvalue weighted by Gasteiger charge is -2.07. The minimum absolute atomic E-state index is 0.580. The van der Waals surface area contributed by atoms with E-state index in [2.05, 4.69) is 11.9 Å². The summed E-state index contributed by atoms with van der Waals surface area (Å²) in [6.45, 7) is 2.08. The number of hydrogen-bond donors (Lipinski definition) is 1. The van der Waals surface area contributed by atoms with Crippen molar-refractivity contribution < 1.29 is 9.53 Å². The second-order valence-electron chi connectivity index (χ2n) is 3.42. The Morgan fingerprint density at radius 3 is 2.87 bits per heavy atom. The zero-order valence-corrected chi connectivity index (χ0v) is 8.83. The molecule has 0 amide bonds. The predicted octanol–water partition coefficient (Wildman–Crippen LogP) is 2.55. The summed E-state index contributed by atoms with van der Waals surface area (Å²) in [7, 11) is 1.65. The number of H-pyrrole nitrogens is 1. The van der Waals surface area contributed by atoms with Crippen LogP contribution in [-0.2, 0) is 6.42 Å². The molecule has 0 aliphatic rings. The molecular formula is C12H13NO2. The molecule has 0 atom stereocenters. The van der Waals surface area contributed by atoms with Crippen LogP contribution >= 0.6 is 0 Å². The highest BCUT2D eigenvalue weighted by atomic mass is 16.5. The molecule has 0 aliphatic carbocycles. The molecule has 0 saturated heterocycles. The maximum atomic E-state index is 10.7. The van der Waals surface area contributed by atoms with Crippen molar-refractivity contribution in [3.05, 3.63) is 29.5 Å². The summed E-state index contributed by atoms with van der Waals surface area (Å²) in [5, 5.41) is 0.971. The van der Waals surface area contributed by atoms with Gasteiger partial charge in [-0.05, 0) is 24.1 Å². The van der Waals surface area contributed by atoms with Crippen molar-refractivity contribution in [3.63, 3.8) is 0 Å². The standard InChI is InChI=1S/C12H13NO2/c1-3-8-4-5-11-10(12(8)15-2)6-9(7-14)13-11/h4-7,13H,3H2,1-2H3. The molecule has 0 fully saturated rings. The van der Waals surface area contributed by atoms with Gasteiger partial charge in [0.25, 0.3) is 0 Å². The fourth-order valence-corrected chi connectivity index (χ4v) is 1.83. The van der Waals surface area contributed by atoms with Gasteiger partial charge in [0.1, 0.15) is 5.75 Å². The molecule has 0 spiro atoms. The Bertz CT molecular complexity index is 500. The second kappa shape index (κ2) is 3.77. The van der Waals surface area contributed by atoms with Crippen molar-refractivity contribution >= 4 is 17.2 Å². The minimum Gasteiger partial charge on any atom is -0.496 e. The second-order valence-corrected chi connectivity index (χ2v) is 3.42. The number of aromatic amines is 1. The summed E-state index contributed by atoms with van der Waals surface area (Å²) < 4.78 is 5.37. The highest BCUT2D eigenvalue weighted by molar-refractivity contribution is 5.92. The maximum Gasteiger partial charge on any atom is 0.166 e. The van der Waals surface area contributed by atoms with Gasteiger partial charge in [-0.15, -0.1) is 0 Å². The van der Waals surface area contributed by atoms with Gasteiger partial charge in [0.05, 0.1) is 12.8 Å². The normalized spacial score (nSPS) is 10.5. The lowest BCUT2D eigenvalue weighted by Crippen LogP contribution is -1.90. The summed E-state index contributed by atoms with van der Waals surface area (Å²) in [4.78, 5) is 13.7. The Balaban J connectivity index is 2.74. The summed E-state index contributed by atoms with van der Waals surface area (Å²) in [5.41, 5.74) is 2.67. The van der Waals surface area contributed by atoms with Gasteiger partial charge in [-0.3, -0.25) is 4.79 Å². The number of rotatable bonds is 3. The fraction of sp³-hybridized carbons (Fsp3) is 0.250. The first-order valence-corrected chi connectivity index (χ1v) is 4.94. The summed E-state index contributed by atoms with van der Waals surface area (Å²) in [6.07, 6.45) is 1.73. The molecule has 15 heavy (non-hydrogen) atoms. The number of fused-ring (bicyclic) bond motifs is 1. The quantitative estimate of drug-likeness (QED) is 0.779. The van der Waals surface area contributed by atoms with E-state index in [4.69, 9.17) is 4.74 Å². The number of aryl methyl sites for hydroxylation is 1. The highest BCUT2D eigenvalue weighted by Gasteiger charge is 2.09. The lowest BCUT2D eigenvalue weighted by atomic mass is 10.1. The van der Waals surface area contributed by atoms with Gasteiger partial charge >= 0.3 is 0 Å². The largest absolute Gasteiger partial charge is 0.496 e. The average Bonchev–Trinajstić information content (AvgIpc) is 2.70. The summed E-state index contributed by atoms with van der Waals surface area (Å²) in [6, 6.07) is 5.82. The molecule has 1 heterocycles. The van der Waals surface area contributed by atoms with Crippen LogP contribution in [0.1, 0.15) is 23.0 Å². The minimum atomic E-state index is 0.580. The molecule has 2 aromatic rings. The van der Waals surface area contributed by atoms with Crippen LogP contribution in [0.4, 0.5) is 0 Å². The number of aromatic nitrogens is 1. The van der Waals surface area contributed by atoms with Crippen molar-refractivity contribution in [3.8, 4) is 5.75 Å². The molecule has 0 aliphatic heterocycles. The zero-order valence-electron chi connectivity index (χ0n) is 8.83. The van der Waals surface area contributed by atoms with E-state index in [1.807, 2.05) is 18.2 Å². The van der Waals surface area contributed by atoms with Gasteiger partial charge in [0.2, 0.25) is 0 Å². The molecule has 2 rings (SSSR count). The number of aldehydes is 1. The van der Waals surface area contributed by atoms with Crippen molar-refractivity contribution in [2.24, 2.45) is 0 Å². The number of nitrogens with one attached hydrogen (secondary N) is 1. The number of hydrogen-bond acceptors (Lipinski definition) is 2. The Kier molecular flexibility index (Phi) is 2.46. The van der Waals surface area contributed by atoms with Crippen molar-refractivity contribution in [1.29, 1.82) is 0 Å². The SMILES string of the molecule is CCc1ccc2[nH]c(C=O)cc2c1OC. The molecule has 0 saturated carbocycles. The number of ether oxygens (including phenoxy) is 1. The molecule has 0 bridgehead atoms. The van der Waals surface area contributed by atoms with E-state index in [1.54, 1.807) is 7.11 Å². The van der Waals surface area contributed by atoms with Crippen LogP contribution in [0, 0.1) is 0 Å². The van der Waals surface area contributed by atoms with Gasteiger partial charge in [-0.25, -0.2) is 0 Å². The van der Waals surface area contributed by atoms with Crippen molar-refractivity contribution in [2.75, 3.05) is 7.11 Å². The first-order valence-electron chi connectivity index (χ1n) is 4.94.